The highest BCUT2D eigenvalue weighted by atomic mass is 16.3. The van der Waals surface area contributed by atoms with Gasteiger partial charge in [0.15, 0.2) is 6.29 Å². The van der Waals surface area contributed by atoms with Crippen molar-refractivity contribution in [2.24, 2.45) is 0 Å². The van der Waals surface area contributed by atoms with Gasteiger partial charge in [0.25, 0.3) is 0 Å². The van der Waals surface area contributed by atoms with Gasteiger partial charge in [0.2, 0.25) is 0 Å². The topological polar surface area (TPSA) is 50.2 Å². The Balaban J connectivity index is 0.000000671. The van der Waals surface area contributed by atoms with Gasteiger partial charge in [0, 0.05) is 5.69 Å². The molecule has 0 aliphatic carbocycles. The second-order valence-corrected chi connectivity index (χ2v) is 2.40. The molecule has 1 aromatic heterocycles. The summed E-state index contributed by atoms with van der Waals surface area (Å²) in [4.78, 5) is 14.3. The predicted octanol–water partition coefficient (Wildman–Crippen LogP) is 2.24. The summed E-state index contributed by atoms with van der Waals surface area (Å²) >= 11 is 0. The van der Waals surface area contributed by atoms with E-state index in [2.05, 4.69) is 4.98 Å². The molecule has 0 bridgehead atoms. The zero-order valence-corrected chi connectivity index (χ0v) is 8.46. The van der Waals surface area contributed by atoms with Crippen LogP contribution in [0.2, 0.25) is 0 Å². The van der Waals surface area contributed by atoms with Gasteiger partial charge in [-0.05, 0) is 19.9 Å². The van der Waals surface area contributed by atoms with E-state index in [0.29, 0.717) is 17.5 Å². The molecule has 0 saturated carbocycles. The van der Waals surface area contributed by atoms with Crippen LogP contribution in [-0.4, -0.2) is 16.4 Å². The highest BCUT2D eigenvalue weighted by Crippen LogP contribution is 2.18. The molecular formula is C10H15NO2. The first-order valence-electron chi connectivity index (χ1n) is 4.27. The van der Waals surface area contributed by atoms with Crippen LogP contribution in [0.3, 0.4) is 0 Å². The van der Waals surface area contributed by atoms with Gasteiger partial charge in [0.1, 0.15) is 5.75 Å². The molecule has 0 unspecified atom stereocenters. The maximum Gasteiger partial charge on any atom is 0.153 e. The highest BCUT2D eigenvalue weighted by molar-refractivity contribution is 5.79. The van der Waals surface area contributed by atoms with Crippen LogP contribution in [0, 0.1) is 13.8 Å². The van der Waals surface area contributed by atoms with E-state index in [0.717, 1.165) is 5.69 Å². The quantitative estimate of drug-likeness (QED) is 0.676. The molecule has 0 aliphatic heterocycles. The molecule has 0 fully saturated rings. The number of nitrogens with zero attached hydrogens (tertiary/aromatic N) is 1. The number of aldehydes is 1. The molecule has 1 aromatic rings. The molecule has 1 heterocycles. The molecule has 0 saturated heterocycles. The molecule has 3 heteroatoms. The van der Waals surface area contributed by atoms with Crippen molar-refractivity contribution in [2.75, 3.05) is 0 Å². The number of hydrogen-bond acceptors (Lipinski definition) is 3. The van der Waals surface area contributed by atoms with E-state index in [4.69, 9.17) is 0 Å². The summed E-state index contributed by atoms with van der Waals surface area (Å²) in [6, 6.07) is 1.55. The number of carbonyl (C=O) groups excluding carboxylic acids is 1. The summed E-state index contributed by atoms with van der Waals surface area (Å²) in [5, 5.41) is 9.23. The summed E-state index contributed by atoms with van der Waals surface area (Å²) in [7, 11) is 0. The Bertz CT molecular complexity index is 295. The molecule has 1 N–H and O–H groups in total. The Labute approximate surface area is 78.4 Å². The van der Waals surface area contributed by atoms with Crippen molar-refractivity contribution in [3.63, 3.8) is 0 Å². The first kappa shape index (κ1) is 11.6. The fourth-order valence-corrected chi connectivity index (χ4v) is 0.942. The van der Waals surface area contributed by atoms with Crippen molar-refractivity contribution in [1.82, 2.24) is 4.98 Å². The van der Waals surface area contributed by atoms with E-state index in [-0.39, 0.29) is 5.75 Å². The lowest BCUT2D eigenvalue weighted by Crippen LogP contribution is -1.91. The lowest BCUT2D eigenvalue weighted by Gasteiger charge is -2.01. The number of rotatable bonds is 1. The van der Waals surface area contributed by atoms with Crippen LogP contribution in [0.25, 0.3) is 0 Å². The Morgan fingerprint density at radius 2 is 1.92 bits per heavy atom. The number of hydrogen-bond donors (Lipinski definition) is 1. The van der Waals surface area contributed by atoms with E-state index in [1.54, 1.807) is 19.9 Å². The van der Waals surface area contributed by atoms with Gasteiger partial charge in [-0.25, -0.2) is 0 Å². The molecule has 3 nitrogen and oxygen atoms in total. The van der Waals surface area contributed by atoms with Crippen LogP contribution in [0.5, 0.6) is 5.75 Å². The Morgan fingerprint density at radius 1 is 1.38 bits per heavy atom. The second kappa shape index (κ2) is 5.30. The van der Waals surface area contributed by atoms with E-state index >= 15 is 0 Å². The van der Waals surface area contributed by atoms with Crippen molar-refractivity contribution in [1.29, 1.82) is 0 Å². The Hall–Kier alpha value is -1.38. The normalized spacial score (nSPS) is 8.62. The average Bonchev–Trinajstić information content (AvgIpc) is 2.14. The third-order valence-electron chi connectivity index (χ3n) is 1.45. The summed E-state index contributed by atoms with van der Waals surface area (Å²) in [5.74, 6) is -0.0226. The number of aromatic nitrogens is 1. The molecule has 0 aliphatic rings. The lowest BCUT2D eigenvalue weighted by atomic mass is 10.2. The van der Waals surface area contributed by atoms with E-state index in [1.165, 1.54) is 0 Å². The van der Waals surface area contributed by atoms with Gasteiger partial charge >= 0.3 is 0 Å². The minimum atomic E-state index is -0.0226. The molecule has 1 rings (SSSR count). The maximum atomic E-state index is 10.3. The van der Waals surface area contributed by atoms with E-state index in [1.807, 2.05) is 13.8 Å². The number of aromatic hydroxyl groups is 1. The molecule has 0 radical (unpaired) electrons. The second-order valence-electron chi connectivity index (χ2n) is 2.40. The minimum absolute atomic E-state index is 0.0226. The summed E-state index contributed by atoms with van der Waals surface area (Å²) in [6.07, 6.45) is 0.622. The third kappa shape index (κ3) is 2.86. The van der Waals surface area contributed by atoms with Crippen molar-refractivity contribution in [2.45, 2.75) is 27.7 Å². The molecule has 13 heavy (non-hydrogen) atoms. The van der Waals surface area contributed by atoms with Crippen LogP contribution in [0.1, 0.15) is 35.6 Å². The zero-order chi connectivity index (χ0) is 10.4. The van der Waals surface area contributed by atoms with Gasteiger partial charge in [-0.1, -0.05) is 13.8 Å². The number of pyridine rings is 1. The van der Waals surface area contributed by atoms with Crippen LogP contribution >= 0.6 is 0 Å². The Kier molecular flexibility index (Phi) is 4.74. The first-order valence-corrected chi connectivity index (χ1v) is 4.27. The number of carbonyl (C=O) groups is 1. The molecule has 0 spiro atoms. The minimum Gasteiger partial charge on any atom is -0.505 e. The van der Waals surface area contributed by atoms with Crippen LogP contribution in [0.4, 0.5) is 0 Å². The van der Waals surface area contributed by atoms with Crippen molar-refractivity contribution < 1.29 is 9.90 Å². The largest absolute Gasteiger partial charge is 0.505 e. The van der Waals surface area contributed by atoms with Crippen LogP contribution in [-0.2, 0) is 0 Å². The van der Waals surface area contributed by atoms with Gasteiger partial charge in [0.05, 0.1) is 11.3 Å². The molecule has 0 aromatic carbocycles. The summed E-state index contributed by atoms with van der Waals surface area (Å²) < 4.78 is 0. The van der Waals surface area contributed by atoms with Gasteiger partial charge < -0.3 is 5.11 Å². The maximum absolute atomic E-state index is 10.3. The zero-order valence-electron chi connectivity index (χ0n) is 8.46. The monoisotopic (exact) mass is 181 g/mol. The smallest absolute Gasteiger partial charge is 0.153 e. The third-order valence-corrected chi connectivity index (χ3v) is 1.45. The standard InChI is InChI=1S/C8H9NO2.C2H6/c1-5-3-7(4-10)8(11)6(2)9-5;1-2/h3-4,11H,1-2H3;1-2H3. The lowest BCUT2D eigenvalue weighted by molar-refractivity contribution is 0.112. The van der Waals surface area contributed by atoms with Crippen LogP contribution in [0.15, 0.2) is 6.07 Å². The average molecular weight is 181 g/mol. The molecule has 72 valence electrons. The van der Waals surface area contributed by atoms with Gasteiger partial charge in [-0.3, -0.25) is 9.78 Å². The van der Waals surface area contributed by atoms with Crippen molar-refractivity contribution in [3.05, 3.63) is 23.0 Å². The van der Waals surface area contributed by atoms with Gasteiger partial charge in [-0.15, -0.1) is 0 Å². The first-order chi connectivity index (χ1) is 6.15. The van der Waals surface area contributed by atoms with Gasteiger partial charge in [-0.2, -0.15) is 0 Å². The number of aryl methyl sites for hydroxylation is 2. The molecular weight excluding hydrogens is 166 g/mol. The fraction of sp³-hybridized carbons (Fsp3) is 0.400. The van der Waals surface area contributed by atoms with E-state index < -0.39 is 0 Å². The van der Waals surface area contributed by atoms with Crippen LogP contribution < -0.4 is 0 Å². The highest BCUT2D eigenvalue weighted by Gasteiger charge is 2.04. The predicted molar refractivity (Wildman–Crippen MR) is 52.1 cm³/mol. The summed E-state index contributed by atoms with van der Waals surface area (Å²) in [5.41, 5.74) is 1.53. The Morgan fingerprint density at radius 3 is 2.38 bits per heavy atom. The van der Waals surface area contributed by atoms with Crippen molar-refractivity contribution in [3.8, 4) is 5.75 Å². The summed E-state index contributed by atoms with van der Waals surface area (Å²) in [6.45, 7) is 7.44. The molecule has 0 atom stereocenters. The van der Waals surface area contributed by atoms with E-state index in [9.17, 15) is 9.90 Å². The fourth-order valence-electron chi connectivity index (χ4n) is 0.942. The molecule has 0 amide bonds. The SMILES string of the molecule is CC.Cc1cc(C=O)c(O)c(C)n1. The van der Waals surface area contributed by atoms with Crippen molar-refractivity contribution >= 4 is 6.29 Å².